The summed E-state index contributed by atoms with van der Waals surface area (Å²) in [5, 5.41) is 7.35. The van der Waals surface area contributed by atoms with Gasteiger partial charge in [0.15, 0.2) is 5.65 Å². The van der Waals surface area contributed by atoms with Gasteiger partial charge in [-0.05, 0) is 12.1 Å². The van der Waals surface area contributed by atoms with Gasteiger partial charge in [-0.1, -0.05) is 0 Å². The van der Waals surface area contributed by atoms with E-state index in [1.165, 1.54) is 23.0 Å². The first-order valence-electron chi connectivity index (χ1n) is 8.75. The van der Waals surface area contributed by atoms with Gasteiger partial charge >= 0.3 is 0 Å². The predicted molar refractivity (Wildman–Crippen MR) is 92.7 cm³/mol. The number of aromatic nitrogens is 5. The van der Waals surface area contributed by atoms with Crippen LogP contribution in [0.15, 0.2) is 30.7 Å². The minimum atomic E-state index is -2.65. The van der Waals surface area contributed by atoms with E-state index in [0.29, 0.717) is 23.6 Å². The van der Waals surface area contributed by atoms with Gasteiger partial charge in [0.05, 0.1) is 30.6 Å². The summed E-state index contributed by atoms with van der Waals surface area (Å²) >= 11 is 0. The number of hydrogen-bond donors (Lipinski definition) is 1. The second kappa shape index (κ2) is 6.46. The molecule has 8 nitrogen and oxygen atoms in total. The number of morpholine rings is 1. The van der Waals surface area contributed by atoms with Crippen molar-refractivity contribution in [3.8, 4) is 11.4 Å². The molecule has 5 rings (SSSR count). The molecule has 0 aliphatic carbocycles. The quantitative estimate of drug-likeness (QED) is 0.741. The number of fused-ring (bicyclic) bond motifs is 2. The van der Waals surface area contributed by atoms with E-state index in [-0.39, 0.29) is 17.8 Å². The van der Waals surface area contributed by atoms with Crippen LogP contribution in [0.2, 0.25) is 0 Å². The van der Waals surface area contributed by atoms with E-state index < -0.39 is 6.43 Å². The molecule has 2 aliphatic heterocycles. The molecule has 2 fully saturated rings. The fourth-order valence-electron chi connectivity index (χ4n) is 3.70. The average Bonchev–Trinajstić information content (AvgIpc) is 3.34. The summed E-state index contributed by atoms with van der Waals surface area (Å²) in [5.74, 6) is 0.780. The highest BCUT2D eigenvalue weighted by Crippen LogP contribution is 2.27. The second-order valence-corrected chi connectivity index (χ2v) is 6.56. The van der Waals surface area contributed by atoms with Crippen molar-refractivity contribution in [2.45, 2.75) is 18.6 Å². The molecule has 3 aromatic heterocycles. The molecule has 0 bridgehead atoms. The highest BCUT2D eigenvalue weighted by molar-refractivity contribution is 5.62. The molecule has 140 valence electrons. The standard InChI is InChI=1S/C17H17F2N7O/c18-17(19)10-1-2-15-21-7-12(26(15)24-10)11-5-16(23-9-22-11)25-3-4-27-14-8-20-6-13(14)25/h1-2,5,7,9,13-14,17,20H,3-4,6,8H2. The first-order valence-corrected chi connectivity index (χ1v) is 8.75. The van der Waals surface area contributed by atoms with E-state index in [1.807, 2.05) is 6.07 Å². The van der Waals surface area contributed by atoms with Crippen LogP contribution in [0.3, 0.4) is 0 Å². The second-order valence-electron chi connectivity index (χ2n) is 6.56. The molecule has 2 atom stereocenters. The van der Waals surface area contributed by atoms with E-state index in [1.54, 1.807) is 6.20 Å². The monoisotopic (exact) mass is 373 g/mol. The Hall–Kier alpha value is -2.72. The van der Waals surface area contributed by atoms with Gasteiger partial charge in [0.2, 0.25) is 0 Å². The highest BCUT2D eigenvalue weighted by Gasteiger charge is 2.36. The van der Waals surface area contributed by atoms with Gasteiger partial charge in [-0.2, -0.15) is 5.10 Å². The number of nitrogens with zero attached hydrogens (tertiary/aromatic N) is 6. The summed E-state index contributed by atoms with van der Waals surface area (Å²) in [6, 6.07) is 4.87. The molecule has 3 aromatic rings. The topological polar surface area (TPSA) is 80.5 Å². The number of halogens is 2. The molecular formula is C17H17F2N7O. The molecule has 0 spiro atoms. The largest absolute Gasteiger partial charge is 0.373 e. The normalized spacial score (nSPS) is 22.6. The van der Waals surface area contributed by atoms with Crippen LogP contribution >= 0.6 is 0 Å². The number of rotatable bonds is 3. The maximum absolute atomic E-state index is 13.0. The number of ether oxygens (including phenoxy) is 1. The van der Waals surface area contributed by atoms with Crippen molar-refractivity contribution in [3.63, 3.8) is 0 Å². The number of imidazole rings is 1. The number of nitrogens with one attached hydrogen (secondary N) is 1. The average molecular weight is 373 g/mol. The lowest BCUT2D eigenvalue weighted by atomic mass is 10.1. The smallest absolute Gasteiger partial charge is 0.282 e. The molecular weight excluding hydrogens is 356 g/mol. The number of alkyl halides is 2. The van der Waals surface area contributed by atoms with E-state index in [4.69, 9.17) is 4.74 Å². The lowest BCUT2D eigenvalue weighted by Gasteiger charge is -2.37. The Labute approximate surface area is 153 Å². The lowest BCUT2D eigenvalue weighted by Crippen LogP contribution is -2.51. The fourth-order valence-corrected chi connectivity index (χ4v) is 3.70. The Morgan fingerprint density at radius 2 is 2.11 bits per heavy atom. The van der Waals surface area contributed by atoms with Gasteiger partial charge in [-0.3, -0.25) is 0 Å². The Kier molecular flexibility index (Phi) is 3.94. The zero-order valence-corrected chi connectivity index (χ0v) is 14.3. The van der Waals surface area contributed by atoms with Gasteiger partial charge in [-0.15, -0.1) is 0 Å². The third-order valence-corrected chi connectivity index (χ3v) is 5.01. The molecule has 10 heteroatoms. The molecule has 0 radical (unpaired) electrons. The maximum Gasteiger partial charge on any atom is 0.282 e. The third-order valence-electron chi connectivity index (χ3n) is 5.01. The van der Waals surface area contributed by atoms with Crippen LogP contribution in [0, 0.1) is 0 Å². The van der Waals surface area contributed by atoms with Crippen LogP contribution in [0.4, 0.5) is 14.6 Å². The van der Waals surface area contributed by atoms with Crippen LogP contribution in [0.25, 0.3) is 17.0 Å². The Balaban J connectivity index is 1.54. The van der Waals surface area contributed by atoms with Crippen LogP contribution in [-0.2, 0) is 4.74 Å². The van der Waals surface area contributed by atoms with E-state index >= 15 is 0 Å². The first kappa shape index (κ1) is 16.5. The van der Waals surface area contributed by atoms with Crippen molar-refractivity contribution in [1.29, 1.82) is 0 Å². The summed E-state index contributed by atoms with van der Waals surface area (Å²) in [7, 11) is 0. The van der Waals surface area contributed by atoms with Crippen LogP contribution in [0.1, 0.15) is 12.1 Å². The van der Waals surface area contributed by atoms with Crippen molar-refractivity contribution < 1.29 is 13.5 Å². The summed E-state index contributed by atoms with van der Waals surface area (Å²) in [4.78, 5) is 15.2. The molecule has 1 N–H and O–H groups in total. The zero-order valence-electron chi connectivity index (χ0n) is 14.3. The van der Waals surface area contributed by atoms with Crippen molar-refractivity contribution in [2.24, 2.45) is 0 Å². The third kappa shape index (κ3) is 2.81. The van der Waals surface area contributed by atoms with Gasteiger partial charge in [0.25, 0.3) is 6.43 Å². The first-order chi connectivity index (χ1) is 13.2. The molecule has 0 aromatic carbocycles. The Morgan fingerprint density at radius 1 is 1.19 bits per heavy atom. The van der Waals surface area contributed by atoms with Crippen molar-refractivity contribution in [3.05, 3.63) is 36.4 Å². The van der Waals surface area contributed by atoms with Crippen molar-refractivity contribution in [1.82, 2.24) is 29.9 Å². The molecule has 0 amide bonds. The molecule has 2 unspecified atom stereocenters. The van der Waals surface area contributed by atoms with Crippen molar-refractivity contribution >= 4 is 11.5 Å². The summed E-state index contributed by atoms with van der Waals surface area (Å²) in [5.41, 5.74) is 1.32. The molecule has 5 heterocycles. The summed E-state index contributed by atoms with van der Waals surface area (Å²) < 4.78 is 33.2. The van der Waals surface area contributed by atoms with Gasteiger partial charge < -0.3 is 15.0 Å². The zero-order chi connectivity index (χ0) is 18.4. The molecule has 2 saturated heterocycles. The number of anilines is 1. The van der Waals surface area contributed by atoms with Gasteiger partial charge in [0, 0.05) is 25.7 Å². The van der Waals surface area contributed by atoms with E-state index in [9.17, 15) is 8.78 Å². The van der Waals surface area contributed by atoms with Gasteiger partial charge in [0.1, 0.15) is 23.5 Å². The van der Waals surface area contributed by atoms with E-state index in [0.717, 1.165) is 25.5 Å². The van der Waals surface area contributed by atoms with Crippen LogP contribution in [0.5, 0.6) is 0 Å². The Morgan fingerprint density at radius 3 is 3.00 bits per heavy atom. The summed E-state index contributed by atoms with van der Waals surface area (Å²) in [6.45, 7) is 3.03. The fraction of sp³-hybridized carbons (Fsp3) is 0.412. The lowest BCUT2D eigenvalue weighted by molar-refractivity contribution is 0.0346. The van der Waals surface area contributed by atoms with Crippen LogP contribution < -0.4 is 10.2 Å². The molecule has 27 heavy (non-hydrogen) atoms. The highest BCUT2D eigenvalue weighted by atomic mass is 19.3. The SMILES string of the molecule is FC(F)c1ccc2ncc(-c3cc(N4CCOC5CNCC54)ncn3)n2n1. The minimum Gasteiger partial charge on any atom is -0.373 e. The Bertz CT molecular complexity index is 979. The predicted octanol–water partition coefficient (Wildman–Crippen LogP) is 1.30. The maximum atomic E-state index is 13.0. The number of hydrogen-bond acceptors (Lipinski definition) is 7. The minimum absolute atomic E-state index is 0.142. The van der Waals surface area contributed by atoms with Gasteiger partial charge in [-0.25, -0.2) is 28.2 Å². The molecule has 0 saturated carbocycles. The van der Waals surface area contributed by atoms with Crippen molar-refractivity contribution in [2.75, 3.05) is 31.1 Å². The summed E-state index contributed by atoms with van der Waals surface area (Å²) in [6.07, 6.45) is 0.561. The molecule has 2 aliphatic rings. The van der Waals surface area contributed by atoms with Crippen LogP contribution in [-0.4, -0.2) is 63.0 Å². The van der Waals surface area contributed by atoms with E-state index in [2.05, 4.69) is 30.3 Å².